The Balaban J connectivity index is 2.20. The third kappa shape index (κ3) is 6.14. The van der Waals surface area contributed by atoms with E-state index in [1.807, 2.05) is 6.07 Å². The number of carbonyl (C=O) groups is 3. The molecule has 0 aromatic heterocycles. The van der Waals surface area contributed by atoms with E-state index in [4.69, 9.17) is 5.73 Å². The minimum absolute atomic E-state index is 0.0112. The van der Waals surface area contributed by atoms with Gasteiger partial charge in [0.05, 0.1) is 11.6 Å². The summed E-state index contributed by atoms with van der Waals surface area (Å²) in [6.45, 7) is 1.23. The number of nitriles is 1. The van der Waals surface area contributed by atoms with Gasteiger partial charge in [-0.15, -0.1) is 0 Å². The maximum absolute atomic E-state index is 14.0. The van der Waals surface area contributed by atoms with Crippen molar-refractivity contribution in [2.45, 2.75) is 31.8 Å². The summed E-state index contributed by atoms with van der Waals surface area (Å²) in [5, 5.41) is 14.2. The Morgan fingerprint density at radius 2 is 1.59 bits per heavy atom. The third-order valence-corrected chi connectivity index (χ3v) is 4.30. The van der Waals surface area contributed by atoms with E-state index in [0.717, 1.165) is 0 Å². The quantitative estimate of drug-likeness (QED) is 0.614. The van der Waals surface area contributed by atoms with Gasteiger partial charge in [-0.3, -0.25) is 14.4 Å². The summed E-state index contributed by atoms with van der Waals surface area (Å²) in [6.07, 6.45) is -0.0877. The van der Waals surface area contributed by atoms with Gasteiger partial charge in [0.2, 0.25) is 17.7 Å². The van der Waals surface area contributed by atoms with Crippen molar-refractivity contribution in [3.05, 3.63) is 71.0 Å². The van der Waals surface area contributed by atoms with Crippen molar-refractivity contribution in [3.63, 3.8) is 0 Å². The summed E-state index contributed by atoms with van der Waals surface area (Å²) >= 11 is 0. The Hall–Kier alpha value is -3.73. The Morgan fingerprint density at radius 1 is 1.00 bits per heavy atom. The highest BCUT2D eigenvalue weighted by Crippen LogP contribution is 2.12. The molecule has 0 aliphatic carbocycles. The zero-order valence-corrected chi connectivity index (χ0v) is 15.8. The Kier molecular flexibility index (Phi) is 7.43. The van der Waals surface area contributed by atoms with Crippen LogP contribution in [-0.4, -0.2) is 29.8 Å². The molecule has 0 aliphatic rings. The van der Waals surface area contributed by atoms with Crippen LogP contribution in [0.1, 0.15) is 23.6 Å². The topological polar surface area (TPSA) is 125 Å². The van der Waals surface area contributed by atoms with E-state index in [-0.39, 0.29) is 18.4 Å². The number of primary amides is 1. The molecule has 3 amide bonds. The van der Waals surface area contributed by atoms with Gasteiger partial charge in [0.15, 0.2) is 0 Å². The van der Waals surface area contributed by atoms with Gasteiger partial charge in [-0.25, -0.2) is 4.39 Å². The van der Waals surface area contributed by atoms with E-state index in [1.165, 1.54) is 25.1 Å². The molecule has 0 unspecified atom stereocenters. The lowest BCUT2D eigenvalue weighted by molar-refractivity contribution is -0.130. The molecule has 2 aromatic rings. The SMILES string of the molecule is CC(=O)N[C@H](Cc1ccccc1F)C(=O)N[C@H](Cc1ccccc1C#N)C(N)=O. The Morgan fingerprint density at radius 3 is 2.17 bits per heavy atom. The van der Waals surface area contributed by atoms with Gasteiger partial charge < -0.3 is 16.4 Å². The molecule has 0 fully saturated rings. The zero-order chi connectivity index (χ0) is 21.4. The van der Waals surface area contributed by atoms with Crippen LogP contribution in [0.25, 0.3) is 0 Å². The largest absolute Gasteiger partial charge is 0.368 e. The van der Waals surface area contributed by atoms with Crippen LogP contribution in [0.2, 0.25) is 0 Å². The number of hydrogen-bond donors (Lipinski definition) is 3. The minimum Gasteiger partial charge on any atom is -0.368 e. The standard InChI is InChI=1S/C21H21FN4O3/c1-13(27)25-19(11-15-7-4-5-9-17(15)22)21(29)26-18(20(24)28)10-14-6-2-3-8-16(14)12-23/h2-9,18-19H,10-11H2,1H3,(H2,24,28)(H,25,27)(H,26,29)/t18-,19-/m1/s1. The van der Waals surface area contributed by atoms with Gasteiger partial charge >= 0.3 is 0 Å². The lowest BCUT2D eigenvalue weighted by Gasteiger charge is -2.22. The summed E-state index contributed by atoms with van der Waals surface area (Å²) < 4.78 is 14.0. The molecule has 8 heteroatoms. The van der Waals surface area contributed by atoms with Crippen molar-refractivity contribution in [1.29, 1.82) is 5.26 Å². The van der Waals surface area contributed by atoms with Gasteiger partial charge in [-0.2, -0.15) is 5.26 Å². The van der Waals surface area contributed by atoms with Crippen LogP contribution in [0.5, 0.6) is 0 Å². The van der Waals surface area contributed by atoms with E-state index < -0.39 is 35.6 Å². The maximum Gasteiger partial charge on any atom is 0.243 e. The number of nitrogens with two attached hydrogens (primary N) is 1. The lowest BCUT2D eigenvalue weighted by atomic mass is 9.99. The molecule has 0 heterocycles. The summed E-state index contributed by atoms with van der Waals surface area (Å²) in [6, 6.07) is 12.3. The van der Waals surface area contributed by atoms with Crippen LogP contribution < -0.4 is 16.4 Å². The molecule has 0 spiro atoms. The summed E-state index contributed by atoms with van der Waals surface area (Å²) in [5.41, 5.74) is 6.57. The van der Waals surface area contributed by atoms with E-state index in [2.05, 4.69) is 10.6 Å². The number of hydrogen-bond acceptors (Lipinski definition) is 4. The molecule has 0 aliphatic heterocycles. The van der Waals surface area contributed by atoms with Crippen molar-refractivity contribution in [1.82, 2.24) is 10.6 Å². The van der Waals surface area contributed by atoms with Crippen molar-refractivity contribution in [3.8, 4) is 6.07 Å². The second-order valence-electron chi connectivity index (χ2n) is 6.49. The molecule has 29 heavy (non-hydrogen) atoms. The van der Waals surface area contributed by atoms with Crippen LogP contribution in [0.15, 0.2) is 48.5 Å². The van der Waals surface area contributed by atoms with Gasteiger partial charge in [0.25, 0.3) is 0 Å². The molecule has 4 N–H and O–H groups in total. The van der Waals surface area contributed by atoms with E-state index in [0.29, 0.717) is 11.1 Å². The number of benzene rings is 2. The normalized spacial score (nSPS) is 12.3. The van der Waals surface area contributed by atoms with Crippen LogP contribution in [0, 0.1) is 17.1 Å². The van der Waals surface area contributed by atoms with E-state index >= 15 is 0 Å². The van der Waals surface area contributed by atoms with Crippen LogP contribution in [0.4, 0.5) is 4.39 Å². The maximum atomic E-state index is 14.0. The molecular formula is C21H21FN4O3. The number of nitrogens with one attached hydrogen (secondary N) is 2. The average Bonchev–Trinajstić information content (AvgIpc) is 2.68. The monoisotopic (exact) mass is 396 g/mol. The number of rotatable bonds is 8. The third-order valence-electron chi connectivity index (χ3n) is 4.30. The molecule has 0 bridgehead atoms. The van der Waals surface area contributed by atoms with Crippen molar-refractivity contribution >= 4 is 17.7 Å². The number of nitrogens with zero attached hydrogens (tertiary/aromatic N) is 1. The fourth-order valence-electron chi connectivity index (χ4n) is 2.86. The van der Waals surface area contributed by atoms with Crippen LogP contribution >= 0.6 is 0 Å². The highest BCUT2D eigenvalue weighted by molar-refractivity contribution is 5.91. The summed E-state index contributed by atoms with van der Waals surface area (Å²) in [7, 11) is 0. The molecule has 0 saturated heterocycles. The van der Waals surface area contributed by atoms with E-state index in [9.17, 15) is 24.0 Å². The molecule has 2 aromatic carbocycles. The van der Waals surface area contributed by atoms with Gasteiger partial charge in [0.1, 0.15) is 17.9 Å². The van der Waals surface area contributed by atoms with Crippen LogP contribution in [-0.2, 0) is 27.2 Å². The molecule has 7 nitrogen and oxygen atoms in total. The first-order valence-electron chi connectivity index (χ1n) is 8.90. The number of carbonyl (C=O) groups excluding carboxylic acids is 3. The highest BCUT2D eigenvalue weighted by atomic mass is 19.1. The second kappa shape index (κ2) is 9.99. The molecular weight excluding hydrogens is 375 g/mol. The number of halogens is 1. The predicted molar refractivity (Wildman–Crippen MR) is 104 cm³/mol. The second-order valence-corrected chi connectivity index (χ2v) is 6.49. The van der Waals surface area contributed by atoms with Crippen LogP contribution in [0.3, 0.4) is 0 Å². The van der Waals surface area contributed by atoms with Crippen molar-refractivity contribution < 1.29 is 18.8 Å². The van der Waals surface area contributed by atoms with Crippen molar-refractivity contribution in [2.24, 2.45) is 5.73 Å². The fourth-order valence-corrected chi connectivity index (χ4v) is 2.86. The Bertz CT molecular complexity index is 955. The smallest absolute Gasteiger partial charge is 0.243 e. The fraction of sp³-hybridized carbons (Fsp3) is 0.238. The first kappa shape index (κ1) is 21.6. The minimum atomic E-state index is -1.10. The highest BCUT2D eigenvalue weighted by Gasteiger charge is 2.26. The molecule has 150 valence electrons. The average molecular weight is 396 g/mol. The first-order chi connectivity index (χ1) is 13.8. The predicted octanol–water partition coefficient (Wildman–Crippen LogP) is 0.957. The number of amides is 3. The Labute approximate surface area is 167 Å². The zero-order valence-electron chi connectivity index (χ0n) is 15.8. The first-order valence-corrected chi connectivity index (χ1v) is 8.90. The van der Waals surface area contributed by atoms with Gasteiger partial charge in [0, 0.05) is 19.8 Å². The summed E-state index contributed by atoms with van der Waals surface area (Å²) in [5.74, 6) is -2.46. The lowest BCUT2D eigenvalue weighted by Crippen LogP contribution is -2.54. The van der Waals surface area contributed by atoms with Gasteiger partial charge in [-0.05, 0) is 23.3 Å². The summed E-state index contributed by atoms with van der Waals surface area (Å²) in [4.78, 5) is 36.1. The molecule has 2 rings (SSSR count). The van der Waals surface area contributed by atoms with Crippen molar-refractivity contribution in [2.75, 3.05) is 0 Å². The molecule has 0 saturated carbocycles. The molecule has 0 radical (unpaired) electrons. The van der Waals surface area contributed by atoms with E-state index in [1.54, 1.807) is 30.3 Å². The van der Waals surface area contributed by atoms with Gasteiger partial charge in [-0.1, -0.05) is 36.4 Å². The molecule has 2 atom stereocenters.